The van der Waals surface area contributed by atoms with E-state index in [9.17, 15) is 4.79 Å². The summed E-state index contributed by atoms with van der Waals surface area (Å²) in [4.78, 5) is 11.0. The summed E-state index contributed by atoms with van der Waals surface area (Å²) in [6.45, 7) is 0. The molecule has 0 spiro atoms. The predicted molar refractivity (Wildman–Crippen MR) is 89.4 cm³/mol. The monoisotopic (exact) mass is 331 g/mol. The number of carboxylic acids is 1. The average Bonchev–Trinajstić information content (AvgIpc) is 2.57. The molecule has 0 aromatic heterocycles. The fourth-order valence-corrected chi connectivity index (χ4v) is 3.76. The van der Waals surface area contributed by atoms with Crippen molar-refractivity contribution in [2.45, 2.75) is 11.3 Å². The van der Waals surface area contributed by atoms with Crippen LogP contribution < -0.4 is 15.2 Å². The van der Waals surface area contributed by atoms with Gasteiger partial charge in [0.25, 0.3) is 0 Å². The summed E-state index contributed by atoms with van der Waals surface area (Å²) in [6, 6.07) is 12.5. The Labute approximate surface area is 138 Å². The van der Waals surface area contributed by atoms with Gasteiger partial charge in [-0.15, -0.1) is 11.8 Å². The number of fused-ring (bicyclic) bond motifs is 2. The third-order valence-electron chi connectivity index (χ3n) is 3.68. The minimum absolute atomic E-state index is 0.0220. The molecule has 0 aliphatic carbocycles. The summed E-state index contributed by atoms with van der Waals surface area (Å²) >= 11 is 1.51. The first-order valence-electron chi connectivity index (χ1n) is 7.15. The van der Waals surface area contributed by atoms with Gasteiger partial charge in [-0.3, -0.25) is 4.79 Å². The normalized spacial score (nSPS) is 16.7. The van der Waals surface area contributed by atoms with Crippen molar-refractivity contribution in [3.8, 4) is 17.2 Å². The van der Waals surface area contributed by atoms with E-state index in [4.69, 9.17) is 20.3 Å². The first-order chi connectivity index (χ1) is 11.1. The van der Waals surface area contributed by atoms with Gasteiger partial charge in [-0.05, 0) is 12.1 Å². The maximum atomic E-state index is 11.0. The first kappa shape index (κ1) is 15.7. The largest absolute Gasteiger partial charge is 0.497 e. The van der Waals surface area contributed by atoms with Crippen LogP contribution >= 0.6 is 11.8 Å². The number of benzene rings is 2. The summed E-state index contributed by atoms with van der Waals surface area (Å²) in [5, 5.41) is 8.97. The van der Waals surface area contributed by atoms with Crippen LogP contribution in [0.1, 0.15) is 16.4 Å². The van der Waals surface area contributed by atoms with Gasteiger partial charge in [0.2, 0.25) is 0 Å². The second-order valence-electron chi connectivity index (χ2n) is 5.20. The van der Waals surface area contributed by atoms with Crippen molar-refractivity contribution >= 4 is 17.7 Å². The summed E-state index contributed by atoms with van der Waals surface area (Å²) < 4.78 is 11.2. The maximum Gasteiger partial charge on any atom is 0.321 e. The minimum atomic E-state index is -0.993. The maximum absolute atomic E-state index is 11.0. The van der Waals surface area contributed by atoms with Gasteiger partial charge in [0.15, 0.2) is 0 Å². The second kappa shape index (κ2) is 6.52. The number of ether oxygens (including phenoxy) is 2. The molecule has 2 aromatic rings. The molecule has 0 saturated heterocycles. The molecule has 1 heterocycles. The third kappa shape index (κ3) is 3.13. The molecule has 0 saturated carbocycles. The molecule has 3 rings (SSSR count). The Morgan fingerprint density at radius 3 is 2.78 bits per heavy atom. The lowest BCUT2D eigenvalue weighted by Gasteiger charge is -2.28. The standard InChI is InChI=1S/C17H17NO4S/c1-21-10-6-7-12-15(8-10)22-14-5-3-2-4-11(14)16(12)23-9-13(18)17(19)20/h2-8,13,16H,9,18H2,1H3,(H,19,20)/t13-,16?/m0/s1. The Morgan fingerprint density at radius 2 is 2.04 bits per heavy atom. The highest BCUT2D eigenvalue weighted by Gasteiger charge is 2.29. The van der Waals surface area contributed by atoms with Gasteiger partial charge in [-0.1, -0.05) is 24.3 Å². The smallest absolute Gasteiger partial charge is 0.321 e. The zero-order valence-electron chi connectivity index (χ0n) is 12.6. The Bertz CT molecular complexity index is 734. The molecule has 3 N–H and O–H groups in total. The molecule has 5 nitrogen and oxygen atoms in total. The number of hydrogen-bond donors (Lipinski definition) is 2. The number of carboxylic acid groups (broad SMARTS) is 1. The number of methoxy groups -OCH3 is 1. The van der Waals surface area contributed by atoms with Gasteiger partial charge in [-0.25, -0.2) is 0 Å². The molecule has 6 heteroatoms. The van der Waals surface area contributed by atoms with Crippen LogP contribution in [0.15, 0.2) is 42.5 Å². The van der Waals surface area contributed by atoms with Crippen LogP contribution in [-0.4, -0.2) is 30.0 Å². The van der Waals surface area contributed by atoms with Crippen LogP contribution in [0.2, 0.25) is 0 Å². The summed E-state index contributed by atoms with van der Waals surface area (Å²) in [5.74, 6) is 1.54. The number of carbonyl (C=O) groups is 1. The van der Waals surface area contributed by atoms with Crippen LogP contribution in [0.25, 0.3) is 0 Å². The summed E-state index contributed by atoms with van der Waals surface area (Å²) in [5.41, 5.74) is 7.66. The van der Waals surface area contributed by atoms with Crippen molar-refractivity contribution in [3.05, 3.63) is 53.6 Å². The van der Waals surface area contributed by atoms with E-state index < -0.39 is 12.0 Å². The lowest BCUT2D eigenvalue weighted by molar-refractivity contribution is -0.137. The molecule has 0 amide bonds. The highest BCUT2D eigenvalue weighted by Crippen LogP contribution is 2.50. The van der Waals surface area contributed by atoms with Gasteiger partial charge >= 0.3 is 5.97 Å². The van der Waals surface area contributed by atoms with E-state index >= 15 is 0 Å². The number of aliphatic carboxylic acids is 1. The molecule has 23 heavy (non-hydrogen) atoms. The van der Waals surface area contributed by atoms with Crippen LogP contribution in [0.4, 0.5) is 0 Å². The third-order valence-corrected chi connectivity index (χ3v) is 5.08. The molecule has 0 fully saturated rings. The van der Waals surface area contributed by atoms with E-state index in [2.05, 4.69) is 0 Å². The van der Waals surface area contributed by atoms with Crippen LogP contribution in [-0.2, 0) is 4.79 Å². The van der Waals surface area contributed by atoms with Crippen LogP contribution in [0.3, 0.4) is 0 Å². The molecule has 2 atom stereocenters. The van der Waals surface area contributed by atoms with E-state index in [1.54, 1.807) is 7.11 Å². The zero-order chi connectivity index (χ0) is 16.4. The van der Waals surface area contributed by atoms with Gasteiger partial charge in [0.1, 0.15) is 23.3 Å². The van der Waals surface area contributed by atoms with Gasteiger partial charge in [0, 0.05) is 22.9 Å². The molecule has 0 bridgehead atoms. The van der Waals surface area contributed by atoms with E-state index in [-0.39, 0.29) is 5.25 Å². The molecule has 0 radical (unpaired) electrons. The number of nitrogens with two attached hydrogens (primary N) is 1. The Kier molecular flexibility index (Phi) is 4.45. The molecule has 120 valence electrons. The summed E-state index contributed by atoms with van der Waals surface area (Å²) in [7, 11) is 1.61. The molecular formula is C17H17NO4S. The lowest BCUT2D eigenvalue weighted by atomic mass is 9.99. The fourth-order valence-electron chi connectivity index (χ4n) is 2.47. The van der Waals surface area contributed by atoms with Crippen molar-refractivity contribution < 1.29 is 19.4 Å². The van der Waals surface area contributed by atoms with Crippen molar-refractivity contribution in [2.75, 3.05) is 12.9 Å². The predicted octanol–water partition coefficient (Wildman–Crippen LogP) is 3.04. The van der Waals surface area contributed by atoms with E-state index in [0.29, 0.717) is 11.5 Å². The molecule has 1 aliphatic heterocycles. The molecule has 1 unspecified atom stereocenters. The lowest BCUT2D eigenvalue weighted by Crippen LogP contribution is -2.32. The van der Waals surface area contributed by atoms with E-state index in [1.807, 2.05) is 42.5 Å². The number of rotatable bonds is 5. The quantitative estimate of drug-likeness (QED) is 0.876. The highest BCUT2D eigenvalue weighted by atomic mass is 32.2. The zero-order valence-corrected chi connectivity index (χ0v) is 13.4. The number of para-hydroxylation sites is 1. The number of hydrogen-bond acceptors (Lipinski definition) is 5. The first-order valence-corrected chi connectivity index (χ1v) is 8.19. The van der Waals surface area contributed by atoms with E-state index in [1.165, 1.54) is 11.8 Å². The topological polar surface area (TPSA) is 81.8 Å². The Morgan fingerprint density at radius 1 is 1.30 bits per heavy atom. The second-order valence-corrected chi connectivity index (χ2v) is 6.34. The van der Waals surface area contributed by atoms with Crippen LogP contribution in [0, 0.1) is 0 Å². The van der Waals surface area contributed by atoms with Gasteiger partial charge in [0.05, 0.1) is 12.4 Å². The van der Waals surface area contributed by atoms with E-state index in [0.717, 1.165) is 22.6 Å². The minimum Gasteiger partial charge on any atom is -0.497 e. The van der Waals surface area contributed by atoms with Crippen molar-refractivity contribution in [2.24, 2.45) is 5.73 Å². The molecule has 1 aliphatic rings. The van der Waals surface area contributed by atoms with Crippen molar-refractivity contribution in [3.63, 3.8) is 0 Å². The Hall–Kier alpha value is -2.18. The molecule has 2 aromatic carbocycles. The number of thioether (sulfide) groups is 1. The van der Waals surface area contributed by atoms with Crippen molar-refractivity contribution in [1.82, 2.24) is 0 Å². The molecular weight excluding hydrogens is 314 g/mol. The SMILES string of the molecule is COc1ccc2c(c1)Oc1ccccc1C2SC[C@H](N)C(=O)O. The highest BCUT2D eigenvalue weighted by molar-refractivity contribution is 7.99. The van der Waals surface area contributed by atoms with Crippen LogP contribution in [0.5, 0.6) is 17.2 Å². The average molecular weight is 331 g/mol. The van der Waals surface area contributed by atoms with Crippen molar-refractivity contribution in [1.29, 1.82) is 0 Å². The fraction of sp³-hybridized carbons (Fsp3) is 0.235. The summed E-state index contributed by atoms with van der Waals surface area (Å²) in [6.07, 6.45) is 0. The van der Waals surface area contributed by atoms with Gasteiger partial charge < -0.3 is 20.3 Å². The van der Waals surface area contributed by atoms with Gasteiger partial charge in [-0.2, -0.15) is 0 Å². The Balaban J connectivity index is 1.96.